The van der Waals surface area contributed by atoms with E-state index in [2.05, 4.69) is 26.6 Å². The van der Waals surface area contributed by atoms with Gasteiger partial charge >= 0.3 is 11.9 Å². The Morgan fingerprint density at radius 1 is 0.606 bits per heavy atom. The van der Waals surface area contributed by atoms with Gasteiger partial charge < -0.3 is 69.9 Å². The van der Waals surface area contributed by atoms with Gasteiger partial charge in [0.05, 0.1) is 29.9 Å². The van der Waals surface area contributed by atoms with Crippen LogP contribution in [0, 0.1) is 37.5 Å². The van der Waals surface area contributed by atoms with Crippen molar-refractivity contribution in [1.29, 1.82) is 0 Å². The van der Waals surface area contributed by atoms with Crippen LogP contribution in [0.25, 0.3) is 22.6 Å². The molecule has 10 amide bonds. The van der Waals surface area contributed by atoms with E-state index in [1.807, 2.05) is 0 Å². The van der Waals surface area contributed by atoms with Crippen molar-refractivity contribution in [3.63, 3.8) is 0 Å². The average Bonchev–Trinajstić information content (AvgIpc) is 0.856. The van der Waals surface area contributed by atoms with Gasteiger partial charge in [0.15, 0.2) is 11.3 Å². The number of nitrogens with one attached hydrogen (secondary N) is 5. The van der Waals surface area contributed by atoms with Gasteiger partial charge in [-0.2, -0.15) is 0 Å². The van der Waals surface area contributed by atoms with Crippen molar-refractivity contribution in [3.05, 3.63) is 44.6 Å². The molecule has 10 unspecified atom stereocenters. The molecular formula is C66H94N12O16. The molecule has 0 spiro atoms. The first kappa shape index (κ1) is 72.7. The number of anilines is 1. The highest BCUT2D eigenvalue weighted by Gasteiger charge is 2.47. The highest BCUT2D eigenvalue weighted by Crippen LogP contribution is 2.37. The lowest BCUT2D eigenvalue weighted by molar-refractivity contribution is -0.163. The minimum atomic E-state index is -1.87. The van der Waals surface area contributed by atoms with Crippen molar-refractivity contribution in [2.75, 3.05) is 59.7 Å². The zero-order valence-electron chi connectivity index (χ0n) is 57.6. The second kappa shape index (κ2) is 28.9. The Hall–Kier alpha value is -8.72. The Bertz CT molecular complexity index is 3540. The van der Waals surface area contributed by atoms with Crippen LogP contribution < -0.4 is 32.0 Å². The second-order valence-electron chi connectivity index (χ2n) is 27.9. The molecule has 28 heteroatoms. The Morgan fingerprint density at radius 3 is 1.44 bits per heavy atom. The molecule has 5 heterocycles. The van der Waals surface area contributed by atoms with Gasteiger partial charge in [-0.25, -0.2) is 14.6 Å². The summed E-state index contributed by atoms with van der Waals surface area (Å²) < 4.78 is 18.6. The van der Waals surface area contributed by atoms with Crippen molar-refractivity contribution in [2.45, 2.75) is 196 Å². The van der Waals surface area contributed by atoms with Crippen LogP contribution in [-0.4, -0.2) is 226 Å². The molecular weight excluding hydrogens is 1220 g/mol. The van der Waals surface area contributed by atoms with Crippen molar-refractivity contribution >= 4 is 87.8 Å². The molecule has 1 aromatic rings. The van der Waals surface area contributed by atoms with Gasteiger partial charge in [0, 0.05) is 52.4 Å². The molecule has 94 heavy (non-hydrogen) atoms. The fourth-order valence-corrected chi connectivity index (χ4v) is 12.7. The summed E-state index contributed by atoms with van der Waals surface area (Å²) in [5, 5.41) is 14.1. The lowest BCUT2D eigenvalue weighted by atomic mass is 9.96. The average molecular weight is 1310 g/mol. The fraction of sp³-hybridized carbons (Fsp3) is 0.636. The Kier molecular flexibility index (Phi) is 22.3. The maximum atomic E-state index is 15.7. The highest BCUT2D eigenvalue weighted by molar-refractivity contribution is 6.11. The first-order valence-corrected chi connectivity index (χ1v) is 32.2. The monoisotopic (exact) mass is 1310 g/mol. The third-order valence-electron chi connectivity index (χ3n) is 18.0. The highest BCUT2D eigenvalue weighted by atomic mass is 16.6. The lowest BCUT2D eigenvalue weighted by Crippen LogP contribution is -2.61. The van der Waals surface area contributed by atoms with Crippen molar-refractivity contribution < 1.29 is 71.4 Å². The summed E-state index contributed by atoms with van der Waals surface area (Å²) in [5.74, 6) is -12.1. The largest absolute Gasteiger partial charge is 0.458 e. The van der Waals surface area contributed by atoms with Gasteiger partial charge in [-0.05, 0) is 109 Å². The van der Waals surface area contributed by atoms with E-state index >= 15 is 14.4 Å². The van der Waals surface area contributed by atoms with Crippen LogP contribution in [0.15, 0.2) is 21.3 Å². The maximum absolute atomic E-state index is 15.7. The van der Waals surface area contributed by atoms with E-state index in [9.17, 15) is 47.9 Å². The Morgan fingerprint density at radius 2 is 1.03 bits per heavy atom. The molecule has 7 rings (SSSR count). The molecule has 0 saturated carbocycles. The zero-order valence-corrected chi connectivity index (χ0v) is 57.6. The number of cyclic esters (lactones) is 2. The molecule has 0 radical (unpaired) electrons. The maximum Gasteiger partial charge on any atom is 0.329 e. The summed E-state index contributed by atoms with van der Waals surface area (Å²) >= 11 is 0. The minimum absolute atomic E-state index is 0.0374. The lowest BCUT2D eigenvalue weighted by Gasteiger charge is -2.36. The van der Waals surface area contributed by atoms with Gasteiger partial charge in [-0.3, -0.25) is 52.7 Å². The smallest absolute Gasteiger partial charge is 0.329 e. The van der Waals surface area contributed by atoms with E-state index in [0.29, 0.717) is 18.4 Å². The number of amides is 10. The molecule has 514 valence electrons. The number of carbonyl (C=O) groups is 12. The number of likely N-dealkylation sites (N-methyl/N-ethyl adjacent to an activating group) is 4. The summed E-state index contributed by atoms with van der Waals surface area (Å²) in [5.41, 5.74) is -3.02. The molecule has 5 N–H and O–H groups in total. The number of ether oxygens (including phenoxy) is 2. The van der Waals surface area contributed by atoms with Gasteiger partial charge in [0.1, 0.15) is 71.8 Å². The number of nitrogens with zero attached hydrogens (tertiary/aromatic N) is 7. The number of hydrogen-bond acceptors (Lipinski definition) is 18. The number of aryl methyl sites for hydroxylation is 1. The number of benzene rings is 2. The van der Waals surface area contributed by atoms with E-state index in [1.165, 1.54) is 80.7 Å². The third kappa shape index (κ3) is 15.1. The zero-order chi connectivity index (χ0) is 70.2. The predicted molar refractivity (Wildman–Crippen MR) is 344 cm³/mol. The standard InChI is InChI=1S/C66H94N12O16/c1-30(2)44-62(88)77-26-20-22-39(77)60(86)73(16)28-41(79)75(18)51(32(5)6)64(90)92-36(11)46(58(84)68-44)70-56(82)38-25-24-34(9)54-48(38)67-50-43(49(72-66(13,14)15)53(81)35(10)55(50)94-54)57(83)71-47-37(12)93-65(91)52(33(7)8)76(19)42(80)29-74(17)61(87)40-23-21-27-78(40)63(89)45(31(3)4)69-59(47)85/h24-25,30-33,36-37,39-40,44-47,51-52,72H,20-23,26-29H2,1-19H3,(H,68,84)(H,69,85)(H,70,82)(H,71,83). The number of rotatable bonds is 9. The molecule has 4 fully saturated rings. The van der Waals surface area contributed by atoms with E-state index in [0.717, 1.165) is 9.80 Å². The molecule has 1 aromatic carbocycles. The first-order chi connectivity index (χ1) is 43.8. The van der Waals surface area contributed by atoms with E-state index in [1.54, 1.807) is 83.1 Å². The van der Waals surface area contributed by atoms with Crippen LogP contribution in [0.2, 0.25) is 0 Å². The van der Waals surface area contributed by atoms with Crippen LogP contribution >= 0.6 is 0 Å². The summed E-state index contributed by atoms with van der Waals surface area (Å²) in [4.78, 5) is 202. The molecule has 4 saturated heterocycles. The number of aromatic nitrogens is 1. The predicted octanol–water partition coefficient (Wildman–Crippen LogP) is 2.35. The molecule has 0 bridgehead atoms. The number of fused-ring (bicyclic) bond motifs is 4. The Balaban J connectivity index is 1.38. The normalized spacial score (nSPS) is 25.8. The first-order valence-electron chi connectivity index (χ1n) is 32.2. The van der Waals surface area contributed by atoms with Gasteiger partial charge in [0.2, 0.25) is 52.7 Å². The van der Waals surface area contributed by atoms with Crippen LogP contribution in [0.1, 0.15) is 148 Å². The van der Waals surface area contributed by atoms with Gasteiger partial charge in [-0.1, -0.05) is 61.5 Å². The van der Waals surface area contributed by atoms with Crippen molar-refractivity contribution in [3.8, 4) is 11.5 Å². The fourth-order valence-electron chi connectivity index (χ4n) is 12.7. The summed E-state index contributed by atoms with van der Waals surface area (Å²) in [7, 11) is 5.62. The van der Waals surface area contributed by atoms with Gasteiger partial charge in [0.25, 0.3) is 11.8 Å². The van der Waals surface area contributed by atoms with E-state index in [-0.39, 0.29) is 65.3 Å². The van der Waals surface area contributed by atoms with E-state index in [4.69, 9.17) is 18.9 Å². The molecule has 28 nitrogen and oxygen atoms in total. The summed E-state index contributed by atoms with van der Waals surface area (Å²) in [6.45, 7) is 23.8. The minimum Gasteiger partial charge on any atom is -0.458 e. The van der Waals surface area contributed by atoms with E-state index < -0.39 is 185 Å². The van der Waals surface area contributed by atoms with Crippen LogP contribution in [0.4, 0.5) is 5.69 Å². The second-order valence-corrected chi connectivity index (χ2v) is 27.9. The number of esters is 2. The SMILES string of the molecule is Cc1c2oc3c(C)ccc(C(=O)NC4C(=O)NC(C(C)C)C(=O)N5CCCC5C(=O)N(C)CC(=O)N(C)C(C(C)C)C(=O)OC4C)c3nc-2c(C(=O)NC2C(=O)NC(C(C)C)C(=O)N3CCCC3C(=O)N(C)CC(=O)N(C)C(C(C)C)C(=O)OC2C)c(NC(C)(C)C)c1=O. The molecule has 1 aliphatic carbocycles. The van der Waals surface area contributed by atoms with Crippen LogP contribution in [0.3, 0.4) is 0 Å². The number of carbonyl (C=O) groups excluding carboxylic acids is 12. The third-order valence-corrected chi connectivity index (χ3v) is 18.0. The van der Waals surface area contributed by atoms with Crippen LogP contribution in [-0.2, 0) is 57.4 Å². The molecule has 6 aliphatic rings. The van der Waals surface area contributed by atoms with Crippen molar-refractivity contribution in [2.24, 2.45) is 23.7 Å². The van der Waals surface area contributed by atoms with Gasteiger partial charge in [-0.15, -0.1) is 0 Å². The quantitative estimate of drug-likeness (QED) is 0.152. The summed E-state index contributed by atoms with van der Waals surface area (Å²) in [6, 6.07) is -7.82. The van der Waals surface area contributed by atoms with Crippen LogP contribution in [0.5, 0.6) is 0 Å². The van der Waals surface area contributed by atoms with Crippen molar-refractivity contribution in [1.82, 2.24) is 55.7 Å². The summed E-state index contributed by atoms with van der Waals surface area (Å²) in [6.07, 6.45) is -1.63. The Labute approximate surface area is 547 Å². The molecule has 10 atom stereocenters. The number of hydrogen-bond donors (Lipinski definition) is 5. The molecule has 0 aromatic heterocycles. The molecule has 5 aliphatic heterocycles. The topological polar surface area (TPSA) is 346 Å².